The summed E-state index contributed by atoms with van der Waals surface area (Å²) in [5, 5.41) is 13.5. The Hall–Kier alpha value is -4.05. The first kappa shape index (κ1) is 18.3. The molecule has 142 valence electrons. The molecule has 1 unspecified atom stereocenters. The van der Waals surface area contributed by atoms with Crippen molar-refractivity contribution in [3.05, 3.63) is 78.0 Å². The van der Waals surface area contributed by atoms with E-state index in [1.54, 1.807) is 12.3 Å². The molecule has 0 aliphatic rings. The van der Waals surface area contributed by atoms with Crippen LogP contribution in [0.4, 0.5) is 16.0 Å². The monoisotopic (exact) mass is 384 g/mol. The lowest BCUT2D eigenvalue weighted by Gasteiger charge is -2.20. The molecule has 4 rings (SSSR count). The lowest BCUT2D eigenvalue weighted by Crippen LogP contribution is -2.12. The predicted octanol–water partition coefficient (Wildman–Crippen LogP) is 4.46. The Morgan fingerprint density at radius 1 is 1.10 bits per heavy atom. The quantitative estimate of drug-likeness (QED) is 0.539. The minimum Gasteiger partial charge on any atom is -0.382 e. The van der Waals surface area contributed by atoms with E-state index in [9.17, 15) is 9.65 Å². The van der Waals surface area contributed by atoms with E-state index < -0.39 is 0 Å². The third-order valence-electron chi connectivity index (χ3n) is 4.73. The maximum Gasteiger partial charge on any atom is 0.150 e. The Morgan fingerprint density at radius 3 is 2.66 bits per heavy atom. The van der Waals surface area contributed by atoms with Gasteiger partial charge in [-0.15, -0.1) is 0 Å². The second kappa shape index (κ2) is 7.52. The number of hydrogen-bond acceptors (Lipinski definition) is 6. The summed E-state index contributed by atoms with van der Waals surface area (Å²) in [6.45, 7) is 1.94. The zero-order chi connectivity index (χ0) is 20.4. The molecular formula is C22H17FN6. The van der Waals surface area contributed by atoms with Crippen molar-refractivity contribution in [1.29, 1.82) is 5.26 Å². The molecule has 2 aromatic heterocycles. The molecule has 0 bridgehead atoms. The topological polar surface area (TPSA) is 101 Å². The van der Waals surface area contributed by atoms with Crippen molar-refractivity contribution in [3.63, 3.8) is 0 Å². The summed E-state index contributed by atoms with van der Waals surface area (Å²) in [5.74, 6) is 0.136. The van der Waals surface area contributed by atoms with Crippen LogP contribution in [-0.2, 0) is 0 Å². The normalized spacial score (nSPS) is 11.8. The molecule has 3 N–H and O–H groups in total. The van der Waals surface area contributed by atoms with Crippen molar-refractivity contribution < 1.29 is 4.39 Å². The first-order valence-corrected chi connectivity index (χ1v) is 8.99. The van der Waals surface area contributed by atoms with Gasteiger partial charge in [0, 0.05) is 23.2 Å². The number of nitrogens with zero attached hydrogens (tertiary/aromatic N) is 4. The summed E-state index contributed by atoms with van der Waals surface area (Å²) < 4.78 is 13.7. The van der Waals surface area contributed by atoms with Gasteiger partial charge < -0.3 is 11.1 Å². The molecule has 0 amide bonds. The van der Waals surface area contributed by atoms with Crippen LogP contribution in [0.1, 0.15) is 24.1 Å². The van der Waals surface area contributed by atoms with Crippen molar-refractivity contribution in [2.45, 2.75) is 13.0 Å². The van der Waals surface area contributed by atoms with Gasteiger partial charge in [-0.05, 0) is 30.2 Å². The number of benzene rings is 2. The number of pyridine rings is 1. The first-order valence-electron chi connectivity index (χ1n) is 8.99. The van der Waals surface area contributed by atoms with Gasteiger partial charge in [0.25, 0.3) is 0 Å². The van der Waals surface area contributed by atoms with E-state index >= 15 is 0 Å². The maximum absolute atomic E-state index is 13.7. The second-order valence-corrected chi connectivity index (χ2v) is 6.58. The molecule has 0 radical (unpaired) electrons. The van der Waals surface area contributed by atoms with Gasteiger partial charge >= 0.3 is 0 Å². The Kier molecular flexibility index (Phi) is 4.75. The highest BCUT2D eigenvalue weighted by atomic mass is 19.1. The molecule has 6 nitrogen and oxygen atoms in total. The highest BCUT2D eigenvalue weighted by molar-refractivity contribution is 5.96. The zero-order valence-electron chi connectivity index (χ0n) is 15.6. The van der Waals surface area contributed by atoms with Gasteiger partial charge in [-0.2, -0.15) is 5.26 Å². The van der Waals surface area contributed by atoms with Crippen LogP contribution >= 0.6 is 0 Å². The fourth-order valence-corrected chi connectivity index (χ4v) is 3.34. The molecule has 29 heavy (non-hydrogen) atoms. The summed E-state index contributed by atoms with van der Waals surface area (Å²) >= 11 is 0. The highest BCUT2D eigenvalue weighted by Gasteiger charge is 2.19. The van der Waals surface area contributed by atoms with Crippen molar-refractivity contribution in [3.8, 4) is 17.2 Å². The Bertz CT molecular complexity index is 1230. The van der Waals surface area contributed by atoms with E-state index in [0.29, 0.717) is 11.3 Å². The minimum atomic E-state index is -0.335. The van der Waals surface area contributed by atoms with Crippen LogP contribution in [0.2, 0.25) is 0 Å². The number of hydrogen-bond donors (Lipinski definition) is 2. The van der Waals surface area contributed by atoms with Gasteiger partial charge in [0.2, 0.25) is 0 Å². The molecule has 2 aromatic carbocycles. The van der Waals surface area contributed by atoms with Gasteiger partial charge in [-0.25, -0.2) is 14.4 Å². The molecule has 2 heterocycles. The van der Waals surface area contributed by atoms with Crippen LogP contribution < -0.4 is 11.1 Å². The average Bonchev–Trinajstić information content (AvgIpc) is 2.73. The molecule has 0 saturated heterocycles. The number of nitrogen functional groups attached to an aromatic ring is 1. The lowest BCUT2D eigenvalue weighted by atomic mass is 9.93. The smallest absolute Gasteiger partial charge is 0.150 e. The van der Waals surface area contributed by atoms with Crippen molar-refractivity contribution >= 4 is 22.5 Å². The van der Waals surface area contributed by atoms with Gasteiger partial charge in [0.1, 0.15) is 35.4 Å². The van der Waals surface area contributed by atoms with Gasteiger partial charge in [-0.1, -0.05) is 30.3 Å². The molecule has 0 aliphatic carbocycles. The largest absolute Gasteiger partial charge is 0.382 e. The number of halogens is 1. The summed E-state index contributed by atoms with van der Waals surface area (Å²) in [5.41, 5.74) is 9.37. The molecule has 1 atom stereocenters. The lowest BCUT2D eigenvalue weighted by molar-refractivity contribution is 0.629. The summed E-state index contributed by atoms with van der Waals surface area (Å²) in [6.07, 6.45) is 3.03. The van der Waals surface area contributed by atoms with Gasteiger partial charge in [0.15, 0.2) is 0 Å². The van der Waals surface area contributed by atoms with E-state index in [1.165, 1.54) is 18.5 Å². The maximum atomic E-state index is 13.7. The minimum absolute atomic E-state index is 0.118. The second-order valence-electron chi connectivity index (χ2n) is 6.58. The number of rotatable bonds is 4. The molecule has 7 heteroatoms. The SMILES string of the molecule is CC(Nc1ncnc(N)c1C#N)c1cnc2cc(F)ccc2c1-c1ccccc1. The summed E-state index contributed by atoms with van der Waals surface area (Å²) in [6, 6.07) is 16.2. The number of fused-ring (bicyclic) bond motifs is 1. The highest BCUT2D eigenvalue weighted by Crippen LogP contribution is 2.35. The number of aromatic nitrogens is 3. The average molecular weight is 384 g/mol. The van der Waals surface area contributed by atoms with Crippen molar-refractivity contribution in [2.24, 2.45) is 0 Å². The van der Waals surface area contributed by atoms with Gasteiger partial charge in [0.05, 0.1) is 11.6 Å². The van der Waals surface area contributed by atoms with Crippen LogP contribution in [-0.4, -0.2) is 15.0 Å². The van der Waals surface area contributed by atoms with Gasteiger partial charge in [-0.3, -0.25) is 4.98 Å². The van der Waals surface area contributed by atoms with Crippen LogP contribution in [0, 0.1) is 17.1 Å². The molecule has 0 aliphatic heterocycles. The molecule has 4 aromatic rings. The van der Waals surface area contributed by atoms with E-state index in [4.69, 9.17) is 5.73 Å². The van der Waals surface area contributed by atoms with E-state index in [0.717, 1.165) is 22.1 Å². The molecule has 0 fully saturated rings. The number of nitriles is 1. The fraction of sp³-hybridized carbons (Fsp3) is 0.0909. The zero-order valence-corrected chi connectivity index (χ0v) is 15.6. The van der Waals surface area contributed by atoms with Crippen LogP contribution in [0.5, 0.6) is 0 Å². The molecule has 0 saturated carbocycles. The van der Waals surface area contributed by atoms with Crippen molar-refractivity contribution in [1.82, 2.24) is 15.0 Å². The third kappa shape index (κ3) is 3.44. The van der Waals surface area contributed by atoms with Crippen LogP contribution in [0.25, 0.3) is 22.0 Å². The molecule has 0 spiro atoms. The Labute approximate surface area is 166 Å². The van der Waals surface area contributed by atoms with Crippen LogP contribution in [0.15, 0.2) is 61.1 Å². The van der Waals surface area contributed by atoms with Crippen LogP contribution in [0.3, 0.4) is 0 Å². The van der Waals surface area contributed by atoms with Crippen molar-refractivity contribution in [2.75, 3.05) is 11.1 Å². The Morgan fingerprint density at radius 2 is 1.90 bits per heavy atom. The fourth-order valence-electron chi connectivity index (χ4n) is 3.34. The predicted molar refractivity (Wildman–Crippen MR) is 110 cm³/mol. The summed E-state index contributed by atoms with van der Waals surface area (Å²) in [4.78, 5) is 12.5. The summed E-state index contributed by atoms with van der Waals surface area (Å²) in [7, 11) is 0. The number of nitrogens with one attached hydrogen (secondary N) is 1. The van der Waals surface area contributed by atoms with E-state index in [1.807, 2.05) is 43.3 Å². The van der Waals surface area contributed by atoms with E-state index in [-0.39, 0.29) is 23.2 Å². The van der Waals surface area contributed by atoms with E-state index in [2.05, 4.69) is 20.3 Å². The Balaban J connectivity index is 1.87. The number of anilines is 2. The number of nitrogens with two attached hydrogens (primary N) is 1. The molecular weight excluding hydrogens is 367 g/mol. The standard InChI is InChI=1S/C22H17FN6/c1-13(29-22-17(10-24)21(25)27-12-28-22)18-11-26-19-9-15(23)7-8-16(19)20(18)14-5-3-2-4-6-14/h2-9,11-13H,1H3,(H3,25,27,28,29). The first-order chi connectivity index (χ1) is 14.1. The third-order valence-corrected chi connectivity index (χ3v) is 4.73.